The third-order valence-electron chi connectivity index (χ3n) is 4.18. The van der Waals surface area contributed by atoms with Crippen molar-refractivity contribution in [1.29, 1.82) is 0 Å². The van der Waals surface area contributed by atoms with Crippen molar-refractivity contribution in [3.8, 4) is 0 Å². The summed E-state index contributed by atoms with van der Waals surface area (Å²) in [5, 5.41) is 6.92. The standard InChI is InChI=1S/C13H21N5O2.2ClH/c1-9-15-11(17-16-9)10-8-18(6-7-20-10)12(19)13(14)4-2-3-5-13;;/h10H,2-8,14H2,1H3,(H,15,16,17);2*1H. The van der Waals surface area contributed by atoms with E-state index in [0.29, 0.717) is 25.5 Å². The van der Waals surface area contributed by atoms with Gasteiger partial charge in [0.05, 0.1) is 18.7 Å². The molecule has 1 aliphatic heterocycles. The number of ether oxygens (including phenoxy) is 1. The number of aromatic nitrogens is 3. The Kier molecular flexibility index (Phi) is 6.61. The first-order valence-electron chi connectivity index (χ1n) is 7.17. The third-order valence-corrected chi connectivity index (χ3v) is 4.18. The fraction of sp³-hybridized carbons (Fsp3) is 0.769. The first-order valence-corrected chi connectivity index (χ1v) is 7.17. The van der Waals surface area contributed by atoms with E-state index in [1.54, 1.807) is 0 Å². The number of rotatable bonds is 2. The molecule has 1 aliphatic carbocycles. The number of halogens is 2. The molecule has 126 valence electrons. The van der Waals surface area contributed by atoms with Crippen molar-refractivity contribution in [1.82, 2.24) is 20.1 Å². The Morgan fingerprint density at radius 1 is 1.41 bits per heavy atom. The van der Waals surface area contributed by atoms with Gasteiger partial charge in [0.2, 0.25) is 5.91 Å². The maximum atomic E-state index is 12.6. The van der Waals surface area contributed by atoms with Crippen LogP contribution in [0.5, 0.6) is 0 Å². The van der Waals surface area contributed by atoms with E-state index in [4.69, 9.17) is 10.5 Å². The van der Waals surface area contributed by atoms with Crippen LogP contribution in [0.1, 0.15) is 43.4 Å². The van der Waals surface area contributed by atoms with Crippen LogP contribution in [0.25, 0.3) is 0 Å². The number of nitrogens with one attached hydrogen (secondary N) is 1. The van der Waals surface area contributed by atoms with E-state index in [1.165, 1.54) is 0 Å². The summed E-state index contributed by atoms with van der Waals surface area (Å²) in [6, 6.07) is 0. The molecule has 2 aliphatic rings. The molecule has 1 unspecified atom stereocenters. The maximum absolute atomic E-state index is 12.6. The minimum absolute atomic E-state index is 0. The van der Waals surface area contributed by atoms with E-state index in [0.717, 1.165) is 31.5 Å². The molecule has 1 atom stereocenters. The van der Waals surface area contributed by atoms with Crippen LogP contribution in [-0.4, -0.2) is 51.2 Å². The van der Waals surface area contributed by atoms with Gasteiger partial charge in [-0.25, -0.2) is 4.98 Å². The SMILES string of the molecule is Cc1nc(C2CN(C(=O)C3(N)CCCC3)CCO2)n[nH]1.Cl.Cl. The Balaban J connectivity index is 0.00000121. The van der Waals surface area contributed by atoms with Gasteiger partial charge in [-0.1, -0.05) is 12.8 Å². The topological polar surface area (TPSA) is 97.1 Å². The predicted octanol–water partition coefficient (Wildman–Crippen LogP) is 1.13. The molecule has 0 spiro atoms. The molecular formula is C13H23Cl2N5O2. The summed E-state index contributed by atoms with van der Waals surface area (Å²) in [5.74, 6) is 1.41. The molecule has 7 nitrogen and oxygen atoms in total. The fourth-order valence-electron chi connectivity index (χ4n) is 3.03. The van der Waals surface area contributed by atoms with Gasteiger partial charge in [-0.3, -0.25) is 9.89 Å². The largest absolute Gasteiger partial charge is 0.366 e. The number of hydrogen-bond donors (Lipinski definition) is 2. The molecule has 2 fully saturated rings. The summed E-state index contributed by atoms with van der Waals surface area (Å²) in [6.45, 7) is 3.42. The highest BCUT2D eigenvalue weighted by Crippen LogP contribution is 2.30. The third kappa shape index (κ3) is 3.71. The van der Waals surface area contributed by atoms with Crippen molar-refractivity contribution in [2.75, 3.05) is 19.7 Å². The van der Waals surface area contributed by atoms with Gasteiger partial charge in [0, 0.05) is 6.54 Å². The monoisotopic (exact) mass is 351 g/mol. The van der Waals surface area contributed by atoms with E-state index < -0.39 is 5.54 Å². The second-order valence-corrected chi connectivity index (χ2v) is 5.75. The molecule has 0 bridgehead atoms. The second-order valence-electron chi connectivity index (χ2n) is 5.75. The van der Waals surface area contributed by atoms with Gasteiger partial charge in [-0.15, -0.1) is 24.8 Å². The molecule has 1 aromatic heterocycles. The van der Waals surface area contributed by atoms with Crippen molar-refractivity contribution in [2.24, 2.45) is 5.73 Å². The smallest absolute Gasteiger partial charge is 0.242 e. The van der Waals surface area contributed by atoms with Gasteiger partial charge < -0.3 is 15.4 Å². The highest BCUT2D eigenvalue weighted by Gasteiger charge is 2.41. The second kappa shape index (κ2) is 7.59. The van der Waals surface area contributed by atoms with Crippen molar-refractivity contribution in [2.45, 2.75) is 44.2 Å². The predicted molar refractivity (Wildman–Crippen MR) is 86.3 cm³/mol. The first kappa shape index (κ1) is 19.2. The molecule has 3 N–H and O–H groups in total. The van der Waals surface area contributed by atoms with E-state index in [2.05, 4.69) is 15.2 Å². The van der Waals surface area contributed by atoms with Gasteiger partial charge in [0.25, 0.3) is 0 Å². The van der Waals surface area contributed by atoms with Crippen LogP contribution >= 0.6 is 24.8 Å². The normalized spacial score (nSPS) is 23.5. The van der Waals surface area contributed by atoms with Crippen LogP contribution in [0.15, 0.2) is 0 Å². The number of morpholine rings is 1. The number of aromatic amines is 1. The van der Waals surface area contributed by atoms with Crippen LogP contribution < -0.4 is 5.73 Å². The zero-order valence-electron chi connectivity index (χ0n) is 12.6. The molecule has 9 heteroatoms. The van der Waals surface area contributed by atoms with Gasteiger partial charge >= 0.3 is 0 Å². The van der Waals surface area contributed by atoms with Crippen LogP contribution in [0.3, 0.4) is 0 Å². The number of carbonyl (C=O) groups excluding carboxylic acids is 1. The first-order chi connectivity index (χ1) is 9.58. The Morgan fingerprint density at radius 2 is 2.09 bits per heavy atom. The molecule has 0 radical (unpaired) electrons. The van der Waals surface area contributed by atoms with Gasteiger partial charge in [-0.2, -0.15) is 5.10 Å². The number of H-pyrrole nitrogens is 1. The Labute approximate surface area is 142 Å². The molecule has 22 heavy (non-hydrogen) atoms. The number of amides is 1. The van der Waals surface area contributed by atoms with Crippen molar-refractivity contribution < 1.29 is 9.53 Å². The van der Waals surface area contributed by atoms with Crippen LogP contribution in [0.4, 0.5) is 0 Å². The van der Waals surface area contributed by atoms with Crippen molar-refractivity contribution in [3.63, 3.8) is 0 Å². The lowest BCUT2D eigenvalue weighted by Crippen LogP contribution is -2.56. The average molecular weight is 352 g/mol. The lowest BCUT2D eigenvalue weighted by Gasteiger charge is -2.36. The lowest BCUT2D eigenvalue weighted by atomic mass is 9.96. The van der Waals surface area contributed by atoms with Gasteiger partial charge in [-0.05, 0) is 19.8 Å². The van der Waals surface area contributed by atoms with Gasteiger partial charge in [0.15, 0.2) is 5.82 Å². The summed E-state index contributed by atoms with van der Waals surface area (Å²) < 4.78 is 5.67. The number of hydrogen-bond acceptors (Lipinski definition) is 5. The van der Waals surface area contributed by atoms with Crippen LogP contribution in [0.2, 0.25) is 0 Å². The summed E-state index contributed by atoms with van der Waals surface area (Å²) in [5.41, 5.74) is 5.58. The average Bonchev–Trinajstić information content (AvgIpc) is 3.08. The highest BCUT2D eigenvalue weighted by molar-refractivity contribution is 5.86. The Hall–Kier alpha value is -0.890. The van der Waals surface area contributed by atoms with E-state index in [1.807, 2.05) is 11.8 Å². The zero-order chi connectivity index (χ0) is 14.2. The summed E-state index contributed by atoms with van der Waals surface area (Å²) >= 11 is 0. The maximum Gasteiger partial charge on any atom is 0.242 e. The molecule has 3 rings (SSSR count). The molecule has 2 heterocycles. The fourth-order valence-corrected chi connectivity index (χ4v) is 3.03. The zero-order valence-corrected chi connectivity index (χ0v) is 14.2. The summed E-state index contributed by atoms with van der Waals surface area (Å²) in [7, 11) is 0. The molecule has 1 saturated carbocycles. The molecular weight excluding hydrogens is 329 g/mol. The summed E-state index contributed by atoms with van der Waals surface area (Å²) in [4.78, 5) is 18.7. The van der Waals surface area contributed by atoms with Crippen LogP contribution in [-0.2, 0) is 9.53 Å². The molecule has 1 aromatic rings. The molecule has 1 saturated heterocycles. The molecule has 0 aromatic carbocycles. The number of nitrogens with zero attached hydrogens (tertiary/aromatic N) is 3. The number of carbonyl (C=O) groups is 1. The lowest BCUT2D eigenvalue weighted by molar-refractivity contribution is -0.145. The van der Waals surface area contributed by atoms with E-state index in [-0.39, 0.29) is 36.8 Å². The molecule has 1 amide bonds. The van der Waals surface area contributed by atoms with E-state index in [9.17, 15) is 4.79 Å². The minimum atomic E-state index is -0.670. The van der Waals surface area contributed by atoms with Crippen LogP contribution in [0, 0.1) is 6.92 Å². The van der Waals surface area contributed by atoms with Crippen molar-refractivity contribution in [3.05, 3.63) is 11.6 Å². The Morgan fingerprint density at radius 3 is 2.68 bits per heavy atom. The van der Waals surface area contributed by atoms with Gasteiger partial charge in [0.1, 0.15) is 11.9 Å². The number of nitrogens with two attached hydrogens (primary N) is 1. The summed E-state index contributed by atoms with van der Waals surface area (Å²) in [6.07, 6.45) is 3.38. The highest BCUT2D eigenvalue weighted by atomic mass is 35.5. The van der Waals surface area contributed by atoms with E-state index >= 15 is 0 Å². The Bertz CT molecular complexity index is 504. The number of aryl methyl sites for hydroxylation is 1. The minimum Gasteiger partial charge on any atom is -0.366 e. The quantitative estimate of drug-likeness (QED) is 0.832. The van der Waals surface area contributed by atoms with Crippen molar-refractivity contribution >= 4 is 30.7 Å².